The molecule has 2 nitrogen and oxygen atoms in total. The van der Waals surface area contributed by atoms with Gasteiger partial charge < -0.3 is 10.4 Å². The molecule has 0 aromatic heterocycles. The number of anilines is 1. The molecular weight excluding hydrogens is 260 g/mol. The van der Waals surface area contributed by atoms with Gasteiger partial charge in [-0.2, -0.15) is 0 Å². The van der Waals surface area contributed by atoms with Crippen LogP contribution in [0.4, 0.5) is 14.5 Å². The van der Waals surface area contributed by atoms with Gasteiger partial charge in [-0.05, 0) is 18.9 Å². The van der Waals surface area contributed by atoms with E-state index in [4.69, 9.17) is 11.6 Å². The lowest BCUT2D eigenvalue weighted by molar-refractivity contribution is 0.127. The van der Waals surface area contributed by atoms with E-state index in [1.165, 1.54) is 0 Å². The van der Waals surface area contributed by atoms with E-state index in [1.54, 1.807) is 0 Å². The van der Waals surface area contributed by atoms with Gasteiger partial charge in [-0.1, -0.05) is 25.4 Å². The second-order valence-corrected chi connectivity index (χ2v) is 4.87. The molecule has 102 valence electrons. The predicted molar refractivity (Wildman–Crippen MR) is 70.0 cm³/mol. The lowest BCUT2D eigenvalue weighted by Crippen LogP contribution is -2.32. The molecule has 2 N–H and O–H groups in total. The third-order valence-corrected chi connectivity index (χ3v) is 3.78. The lowest BCUT2D eigenvalue weighted by Gasteiger charge is -2.30. The summed E-state index contributed by atoms with van der Waals surface area (Å²) in [5.74, 6) is -1.43. The molecule has 0 bridgehead atoms. The van der Waals surface area contributed by atoms with Crippen LogP contribution in [0.1, 0.15) is 26.7 Å². The molecule has 0 aliphatic heterocycles. The van der Waals surface area contributed by atoms with Crippen LogP contribution in [0.3, 0.4) is 0 Å². The Labute approximate surface area is 111 Å². The zero-order valence-electron chi connectivity index (χ0n) is 10.6. The predicted octanol–water partition coefficient (Wildman–Crippen LogP) is 3.83. The first-order chi connectivity index (χ1) is 8.48. The maximum atomic E-state index is 13.5. The normalized spacial score (nSPS) is 11.7. The molecule has 5 heteroatoms. The fourth-order valence-corrected chi connectivity index (χ4v) is 2.03. The van der Waals surface area contributed by atoms with E-state index in [9.17, 15) is 13.9 Å². The highest BCUT2D eigenvalue weighted by molar-refractivity contribution is 6.33. The molecular formula is C13H18ClF2NO. The van der Waals surface area contributed by atoms with E-state index in [0.29, 0.717) is 6.54 Å². The average molecular weight is 278 g/mol. The molecule has 0 fully saturated rings. The van der Waals surface area contributed by atoms with Crippen LogP contribution in [0, 0.1) is 17.0 Å². The van der Waals surface area contributed by atoms with Gasteiger partial charge in [0.15, 0.2) is 5.82 Å². The Kier molecular flexibility index (Phi) is 5.35. The molecule has 0 aliphatic rings. The van der Waals surface area contributed by atoms with E-state index in [-0.39, 0.29) is 22.7 Å². The second kappa shape index (κ2) is 6.34. The minimum Gasteiger partial charge on any atom is -0.396 e. The monoisotopic (exact) mass is 277 g/mol. The number of aliphatic hydroxyl groups excluding tert-OH is 1. The number of rotatable bonds is 6. The minimum atomic E-state index is -0.723. The van der Waals surface area contributed by atoms with Crippen LogP contribution in [-0.4, -0.2) is 18.3 Å². The SMILES string of the molecule is CCC(CC)(CO)CNc1c(F)cc(F)cc1Cl. The van der Waals surface area contributed by atoms with Crippen molar-refractivity contribution >= 4 is 17.3 Å². The topological polar surface area (TPSA) is 32.3 Å². The van der Waals surface area contributed by atoms with Gasteiger partial charge in [0, 0.05) is 18.0 Å². The highest BCUT2D eigenvalue weighted by Gasteiger charge is 2.25. The van der Waals surface area contributed by atoms with Crippen molar-refractivity contribution in [2.75, 3.05) is 18.5 Å². The van der Waals surface area contributed by atoms with Crippen molar-refractivity contribution in [1.29, 1.82) is 0 Å². The Hall–Kier alpha value is -0.870. The molecule has 0 saturated carbocycles. The third kappa shape index (κ3) is 3.33. The lowest BCUT2D eigenvalue weighted by atomic mass is 9.83. The van der Waals surface area contributed by atoms with Crippen molar-refractivity contribution in [3.63, 3.8) is 0 Å². The number of hydrogen-bond acceptors (Lipinski definition) is 2. The van der Waals surface area contributed by atoms with Crippen LogP contribution in [0.25, 0.3) is 0 Å². The van der Waals surface area contributed by atoms with E-state index >= 15 is 0 Å². The third-order valence-electron chi connectivity index (χ3n) is 3.48. The molecule has 0 atom stereocenters. The van der Waals surface area contributed by atoms with Gasteiger partial charge >= 0.3 is 0 Å². The zero-order chi connectivity index (χ0) is 13.8. The van der Waals surface area contributed by atoms with Crippen molar-refractivity contribution < 1.29 is 13.9 Å². The van der Waals surface area contributed by atoms with Gasteiger partial charge in [0.1, 0.15) is 5.82 Å². The number of nitrogens with one attached hydrogen (secondary N) is 1. The summed E-state index contributed by atoms with van der Waals surface area (Å²) >= 11 is 5.79. The second-order valence-electron chi connectivity index (χ2n) is 4.46. The van der Waals surface area contributed by atoms with Gasteiger partial charge in [0.2, 0.25) is 0 Å². The summed E-state index contributed by atoms with van der Waals surface area (Å²) in [5.41, 5.74) is -0.234. The number of benzene rings is 1. The molecule has 0 heterocycles. The van der Waals surface area contributed by atoms with E-state index in [0.717, 1.165) is 25.0 Å². The van der Waals surface area contributed by atoms with Gasteiger partial charge in [-0.3, -0.25) is 0 Å². The van der Waals surface area contributed by atoms with Gasteiger partial charge in [-0.15, -0.1) is 0 Å². The Balaban J connectivity index is 2.86. The van der Waals surface area contributed by atoms with Crippen LogP contribution < -0.4 is 5.32 Å². The molecule has 18 heavy (non-hydrogen) atoms. The van der Waals surface area contributed by atoms with E-state index in [2.05, 4.69) is 5.32 Å². The molecule has 0 spiro atoms. The maximum absolute atomic E-state index is 13.5. The molecule has 1 aromatic carbocycles. The van der Waals surface area contributed by atoms with Crippen LogP contribution in [0.15, 0.2) is 12.1 Å². The summed E-state index contributed by atoms with van der Waals surface area (Å²) in [5, 5.41) is 12.3. The number of halogens is 3. The van der Waals surface area contributed by atoms with Crippen molar-refractivity contribution in [1.82, 2.24) is 0 Å². The van der Waals surface area contributed by atoms with Crippen molar-refractivity contribution in [2.24, 2.45) is 5.41 Å². The molecule has 1 rings (SSSR count). The molecule has 0 unspecified atom stereocenters. The Morgan fingerprint density at radius 3 is 2.33 bits per heavy atom. The summed E-state index contributed by atoms with van der Waals surface area (Å²) < 4.78 is 26.4. The number of aliphatic hydroxyl groups is 1. The van der Waals surface area contributed by atoms with E-state index < -0.39 is 11.6 Å². The summed E-state index contributed by atoms with van der Waals surface area (Å²) in [6.07, 6.45) is 1.51. The fourth-order valence-electron chi connectivity index (χ4n) is 1.77. The van der Waals surface area contributed by atoms with Gasteiger partial charge in [0.05, 0.1) is 17.3 Å². The maximum Gasteiger partial charge on any atom is 0.150 e. The van der Waals surface area contributed by atoms with Crippen molar-refractivity contribution in [2.45, 2.75) is 26.7 Å². The highest BCUT2D eigenvalue weighted by Crippen LogP contribution is 2.30. The summed E-state index contributed by atoms with van der Waals surface area (Å²) in [6, 6.07) is 1.85. The summed E-state index contributed by atoms with van der Waals surface area (Å²) in [7, 11) is 0. The first-order valence-electron chi connectivity index (χ1n) is 5.97. The molecule has 0 radical (unpaired) electrons. The van der Waals surface area contributed by atoms with Crippen LogP contribution in [-0.2, 0) is 0 Å². The Morgan fingerprint density at radius 2 is 1.89 bits per heavy atom. The first kappa shape index (κ1) is 15.2. The molecule has 0 aliphatic carbocycles. The zero-order valence-corrected chi connectivity index (χ0v) is 11.3. The van der Waals surface area contributed by atoms with E-state index in [1.807, 2.05) is 13.8 Å². The standard InChI is InChI=1S/C13H18ClF2NO/c1-3-13(4-2,8-18)7-17-12-10(14)5-9(15)6-11(12)16/h5-6,17-18H,3-4,7-8H2,1-2H3. The Morgan fingerprint density at radius 1 is 1.28 bits per heavy atom. The quantitative estimate of drug-likeness (QED) is 0.828. The Bertz CT molecular complexity index is 377. The average Bonchev–Trinajstić information content (AvgIpc) is 2.33. The fraction of sp³-hybridized carbons (Fsp3) is 0.538. The minimum absolute atomic E-state index is 0.00606. The smallest absolute Gasteiger partial charge is 0.150 e. The largest absolute Gasteiger partial charge is 0.396 e. The van der Waals surface area contributed by atoms with Crippen LogP contribution >= 0.6 is 11.6 Å². The van der Waals surface area contributed by atoms with Crippen molar-refractivity contribution in [3.05, 3.63) is 28.8 Å². The molecule has 0 saturated heterocycles. The van der Waals surface area contributed by atoms with Crippen LogP contribution in [0.2, 0.25) is 5.02 Å². The highest BCUT2D eigenvalue weighted by atomic mass is 35.5. The molecule has 0 amide bonds. The first-order valence-corrected chi connectivity index (χ1v) is 6.35. The summed E-state index contributed by atoms with van der Waals surface area (Å²) in [6.45, 7) is 4.32. The van der Waals surface area contributed by atoms with Gasteiger partial charge in [0.25, 0.3) is 0 Å². The number of hydrogen-bond donors (Lipinski definition) is 2. The molecule has 1 aromatic rings. The van der Waals surface area contributed by atoms with Crippen LogP contribution in [0.5, 0.6) is 0 Å². The summed E-state index contributed by atoms with van der Waals surface area (Å²) in [4.78, 5) is 0. The van der Waals surface area contributed by atoms with Gasteiger partial charge in [-0.25, -0.2) is 8.78 Å². The van der Waals surface area contributed by atoms with Crippen molar-refractivity contribution in [3.8, 4) is 0 Å².